The maximum Gasteiger partial charge on any atom is 0.115 e. The van der Waals surface area contributed by atoms with Crippen molar-refractivity contribution in [3.63, 3.8) is 0 Å². The summed E-state index contributed by atoms with van der Waals surface area (Å²) in [6.45, 7) is 4.49. The molecule has 29 aromatic rings. The minimum absolute atomic E-state index is 0.0995. The van der Waals surface area contributed by atoms with Gasteiger partial charge < -0.3 is 5.11 Å². The van der Waals surface area contributed by atoms with Gasteiger partial charge in [0.1, 0.15) is 5.75 Å². The van der Waals surface area contributed by atoms with Gasteiger partial charge in [0.15, 0.2) is 0 Å². The highest BCUT2D eigenvalue weighted by Gasteiger charge is 2.76. The molecule has 364 valence electrons. The van der Waals surface area contributed by atoms with E-state index >= 15 is 0 Å². The van der Waals surface area contributed by atoms with E-state index in [0.29, 0.717) is 5.75 Å². The van der Waals surface area contributed by atoms with Gasteiger partial charge in [-0.3, -0.25) is 4.90 Å². The lowest BCUT2D eigenvalue weighted by Crippen LogP contribution is -2.51. The smallest absolute Gasteiger partial charge is 0.115 e. The van der Waals surface area contributed by atoms with Crippen LogP contribution in [0.5, 0.6) is 5.75 Å². The highest BCUT2D eigenvalue weighted by Crippen LogP contribution is 2.87. The van der Waals surface area contributed by atoms with Gasteiger partial charge in [0.2, 0.25) is 0 Å². The molecule has 1 N–H and O–H groups in total. The summed E-state index contributed by atoms with van der Waals surface area (Å²) in [6.07, 6.45) is 13.5. The van der Waals surface area contributed by atoms with Crippen LogP contribution in [0.4, 0.5) is 0 Å². The van der Waals surface area contributed by atoms with Crippen molar-refractivity contribution in [1.82, 2.24) is 4.90 Å². The Bertz CT molecular complexity index is 7460. The number of hydrogen-bond donors (Lipinski definition) is 1. The Balaban J connectivity index is 0.920. The quantitative estimate of drug-likeness (QED) is 0.0974. The average molecular weight is 1020 g/mol. The molecule has 29 aromatic carbocycles. The molecule has 5 aliphatic rings. The van der Waals surface area contributed by atoms with Crippen molar-refractivity contribution in [1.29, 1.82) is 0 Å². The molecule has 0 radical (unpaired) electrons. The highest BCUT2D eigenvalue weighted by molar-refractivity contribution is 6.82. The first kappa shape index (κ1) is 34.7. The Labute approximate surface area is 457 Å². The molecule has 82 heavy (non-hydrogen) atoms. The van der Waals surface area contributed by atoms with Crippen LogP contribution in [-0.4, -0.2) is 23.1 Å². The molecule has 1 aliphatic heterocycles. The van der Waals surface area contributed by atoms with Gasteiger partial charge in [-0.05, 0) is 344 Å². The molecule has 1 unspecified atom stereocenters. The van der Waals surface area contributed by atoms with E-state index in [1.165, 1.54) is 69.8 Å². The Hall–Kier alpha value is -8.56. The molecule has 2 nitrogen and oxygen atoms in total. The van der Waals surface area contributed by atoms with Crippen LogP contribution >= 0.6 is 0 Å². The van der Waals surface area contributed by atoms with E-state index in [-0.39, 0.29) is 16.9 Å². The molecule has 1 fully saturated rings. The van der Waals surface area contributed by atoms with Crippen LogP contribution in [0.2, 0.25) is 0 Å². The average Bonchev–Trinajstić information content (AvgIpc) is 1.41. The van der Waals surface area contributed by atoms with Crippen molar-refractivity contribution >= 4 is 291 Å². The predicted octanol–water partition coefficient (Wildman–Crippen LogP) is 22.0. The van der Waals surface area contributed by atoms with E-state index in [4.69, 9.17) is 0 Å². The van der Waals surface area contributed by atoms with Gasteiger partial charge in [0.25, 0.3) is 0 Å². The number of phenolic OH excluding ortho intramolecular Hbond substituents is 1. The maximum absolute atomic E-state index is 11.4. The van der Waals surface area contributed by atoms with E-state index < -0.39 is 0 Å². The lowest BCUT2D eigenvalue weighted by Gasteiger charge is -2.52. The third-order valence-corrected chi connectivity index (χ3v) is 28.8. The van der Waals surface area contributed by atoms with E-state index in [9.17, 15) is 5.11 Å². The first-order chi connectivity index (χ1) is 40.8. The standard InChI is InChI=1S/C80H33NO/c1-2-3-4-5-6-7-8-9-10-11-16-81-17-79-74-66-58-48-38-30-22-20-21-24-28-26(22)34-42-36(28)46-40-32(24)33-25(21)29-27-23(20)31(30)39-45-35(27)43-37(29)47-41(33)51-50(40)62-56(46)64-54(42)60(52(58)44(34)38)68(74)70(64)76-72(62)73-63(51)57(47)65-55(43)61-53(45)59(49(39)48)67(66)75(79)69(61)71(65)77(73)80(76,79)78(81)18-12-14-19(82)15-13-18/h12-15,78,82H,2-11,16-17H2,1H3. The summed E-state index contributed by atoms with van der Waals surface area (Å²) >= 11 is 0. The number of unbranched alkanes of at least 4 members (excludes halogenated alkanes) is 9. The lowest BCUT2D eigenvalue weighted by atomic mass is 9.47. The first-order valence-electron chi connectivity index (χ1n) is 32.1. The van der Waals surface area contributed by atoms with Crippen LogP contribution in [0, 0.1) is 0 Å². The highest BCUT2D eigenvalue weighted by atomic mass is 16.3. The van der Waals surface area contributed by atoms with Gasteiger partial charge in [0, 0.05) is 12.6 Å². The molecule has 1 heterocycles. The normalized spacial score (nSPS) is 22.2. The van der Waals surface area contributed by atoms with Crippen molar-refractivity contribution < 1.29 is 5.11 Å². The Kier molecular flexibility index (Phi) is 3.70. The van der Waals surface area contributed by atoms with Gasteiger partial charge in [-0.15, -0.1) is 0 Å². The molecule has 0 bridgehead atoms. The summed E-state index contributed by atoms with van der Waals surface area (Å²) in [6, 6.07) is 9.07. The van der Waals surface area contributed by atoms with Crippen molar-refractivity contribution in [2.75, 3.05) is 13.1 Å². The summed E-state index contributed by atoms with van der Waals surface area (Å²) in [5.74, 6) is 0.385. The molecular weight excluding hydrogens is 991 g/mol. The SMILES string of the molecule is CCCCCCCCCCCCN1CC23c4c5c6c7c8c9c(c%10c%11c2c2c4c4c%12c5c5c6c6c8c8c%13c9c9c%10c%10c%11c%11c2c2c4c4c%12c%12c5c5c6c8c6c8c%13c9c9c%10c%10c%11c2c2c4c4c%12c5c6c5c8c9c%10c2c45)C73C1c1ccc(O)cc1. The van der Waals surface area contributed by atoms with Gasteiger partial charge in [-0.1, -0.05) is 76.8 Å². The predicted molar refractivity (Wildman–Crippen MR) is 348 cm³/mol. The van der Waals surface area contributed by atoms with Crippen molar-refractivity contribution in [3.8, 4) is 5.75 Å². The molecule has 4 aliphatic carbocycles. The molecular formula is C80H33NO. The molecule has 1 atom stereocenters. The molecule has 34 rings (SSSR count). The van der Waals surface area contributed by atoms with E-state index in [1.54, 1.807) is 313 Å². The fourth-order valence-corrected chi connectivity index (χ4v) is 28.1. The Morgan fingerprint density at radius 1 is 0.293 bits per heavy atom. The number of rotatable bonds is 12. The van der Waals surface area contributed by atoms with Crippen LogP contribution in [0.3, 0.4) is 0 Å². The second-order valence-electron chi connectivity index (χ2n) is 30.1. The van der Waals surface area contributed by atoms with Gasteiger partial charge in [0.05, 0.1) is 10.8 Å². The topological polar surface area (TPSA) is 23.5 Å². The summed E-state index contributed by atoms with van der Waals surface area (Å²) in [5, 5.41) is 101. The van der Waals surface area contributed by atoms with Crippen LogP contribution in [0.1, 0.15) is 105 Å². The molecule has 1 saturated heterocycles. The Morgan fingerprint density at radius 3 is 0.768 bits per heavy atom. The van der Waals surface area contributed by atoms with Gasteiger partial charge >= 0.3 is 0 Å². The third kappa shape index (κ3) is 2.16. The van der Waals surface area contributed by atoms with Crippen LogP contribution in [0.25, 0.3) is 291 Å². The fraction of sp³-hybridized carbons (Fsp3) is 0.200. The van der Waals surface area contributed by atoms with E-state index in [1.807, 2.05) is 0 Å². The number of likely N-dealkylation sites (tertiary alicyclic amines) is 1. The largest absolute Gasteiger partial charge is 0.508 e. The van der Waals surface area contributed by atoms with Gasteiger partial charge in [-0.25, -0.2) is 0 Å². The van der Waals surface area contributed by atoms with Crippen molar-refractivity contribution in [2.24, 2.45) is 0 Å². The Morgan fingerprint density at radius 2 is 0.512 bits per heavy atom. The zero-order valence-corrected chi connectivity index (χ0v) is 44.3. The van der Waals surface area contributed by atoms with E-state index in [0.717, 1.165) is 13.1 Å². The summed E-state index contributed by atoms with van der Waals surface area (Å²) in [7, 11) is 0. The number of aromatic hydroxyl groups is 1. The molecule has 2 spiro atoms. The lowest BCUT2D eigenvalue weighted by molar-refractivity contribution is 0.221. The number of hydrogen-bond acceptors (Lipinski definition) is 2. The second kappa shape index (κ2) is 8.76. The van der Waals surface area contributed by atoms with Crippen LogP contribution in [0.15, 0.2) is 24.3 Å². The van der Waals surface area contributed by atoms with E-state index in [2.05, 4.69) is 36.1 Å². The number of phenols is 1. The first-order valence-corrected chi connectivity index (χ1v) is 32.1. The second-order valence-corrected chi connectivity index (χ2v) is 30.1. The minimum Gasteiger partial charge on any atom is -0.508 e. The summed E-state index contributed by atoms with van der Waals surface area (Å²) in [5.41, 5.74) is 7.79. The minimum atomic E-state index is -0.381. The maximum atomic E-state index is 11.4. The van der Waals surface area contributed by atoms with Crippen molar-refractivity contribution in [2.45, 2.75) is 88.0 Å². The zero-order chi connectivity index (χ0) is 50.1. The monoisotopic (exact) mass is 1020 g/mol. The zero-order valence-electron chi connectivity index (χ0n) is 44.3. The fourth-order valence-electron chi connectivity index (χ4n) is 28.1. The van der Waals surface area contributed by atoms with Crippen LogP contribution < -0.4 is 0 Å². The molecule has 2 heteroatoms. The molecule has 0 aromatic heterocycles. The molecule has 0 amide bonds. The van der Waals surface area contributed by atoms with Crippen molar-refractivity contribution in [3.05, 3.63) is 52.1 Å². The molecule has 0 saturated carbocycles. The summed E-state index contributed by atoms with van der Waals surface area (Å²) < 4.78 is 0. The van der Waals surface area contributed by atoms with Gasteiger partial charge in [-0.2, -0.15) is 0 Å². The van der Waals surface area contributed by atoms with Crippen LogP contribution in [-0.2, 0) is 10.8 Å². The summed E-state index contributed by atoms with van der Waals surface area (Å²) in [4.78, 5) is 3.15. The third-order valence-electron chi connectivity index (χ3n) is 28.8. The number of benzene rings is 19. The number of nitrogens with zero attached hydrogens (tertiary/aromatic N) is 1.